The highest BCUT2D eigenvalue weighted by Crippen LogP contribution is 2.36. The molecule has 1 saturated carbocycles. The molecular formula is C16H18FNO2. The maximum Gasteiger partial charge on any atom is 0.252 e. The molecule has 0 heterocycles. The lowest BCUT2D eigenvalue weighted by Gasteiger charge is -2.12. The molecule has 0 bridgehead atoms. The van der Waals surface area contributed by atoms with Gasteiger partial charge in [0, 0.05) is 12.1 Å². The fraction of sp³-hybridized carbons (Fsp3) is 0.438. The SMILES string of the molecule is CC(CNC(=O)c1ccc(F)cc1C#CCO)C1CC1. The normalized spacial score (nSPS) is 15.2. The molecule has 1 aliphatic rings. The average molecular weight is 275 g/mol. The number of hydrogen-bond acceptors (Lipinski definition) is 2. The molecule has 1 amide bonds. The quantitative estimate of drug-likeness (QED) is 0.825. The Hall–Kier alpha value is -1.86. The number of carbonyl (C=O) groups is 1. The summed E-state index contributed by atoms with van der Waals surface area (Å²) in [5.41, 5.74) is 0.644. The van der Waals surface area contributed by atoms with Crippen LogP contribution >= 0.6 is 0 Å². The molecule has 0 aromatic heterocycles. The van der Waals surface area contributed by atoms with Gasteiger partial charge in [0.1, 0.15) is 12.4 Å². The number of rotatable bonds is 4. The first-order valence-corrected chi connectivity index (χ1v) is 6.79. The molecule has 0 aliphatic heterocycles. The zero-order valence-corrected chi connectivity index (χ0v) is 11.4. The van der Waals surface area contributed by atoms with Crippen LogP contribution in [0, 0.1) is 29.5 Å². The number of aliphatic hydroxyl groups excluding tert-OH is 1. The van der Waals surface area contributed by atoms with Gasteiger partial charge in [-0.2, -0.15) is 0 Å². The van der Waals surface area contributed by atoms with E-state index >= 15 is 0 Å². The van der Waals surface area contributed by atoms with Crippen LogP contribution in [0.2, 0.25) is 0 Å². The van der Waals surface area contributed by atoms with E-state index in [2.05, 4.69) is 24.1 Å². The van der Waals surface area contributed by atoms with Crippen LogP contribution in [-0.2, 0) is 0 Å². The Balaban J connectivity index is 2.07. The van der Waals surface area contributed by atoms with Crippen LogP contribution < -0.4 is 5.32 Å². The van der Waals surface area contributed by atoms with Crippen molar-refractivity contribution < 1.29 is 14.3 Å². The second-order valence-electron chi connectivity index (χ2n) is 5.17. The van der Waals surface area contributed by atoms with E-state index in [4.69, 9.17) is 5.11 Å². The van der Waals surface area contributed by atoms with E-state index in [1.54, 1.807) is 0 Å². The minimum atomic E-state index is -0.449. The molecule has 2 rings (SSSR count). The van der Waals surface area contributed by atoms with E-state index in [0.29, 0.717) is 23.6 Å². The Morgan fingerprint density at radius 1 is 1.55 bits per heavy atom. The Bertz CT molecular complexity index is 555. The molecule has 3 nitrogen and oxygen atoms in total. The number of hydrogen-bond donors (Lipinski definition) is 2. The molecule has 1 fully saturated rings. The van der Waals surface area contributed by atoms with Gasteiger partial charge in [-0.15, -0.1) is 0 Å². The highest BCUT2D eigenvalue weighted by molar-refractivity contribution is 5.96. The van der Waals surface area contributed by atoms with Crippen molar-refractivity contribution in [3.05, 3.63) is 35.1 Å². The van der Waals surface area contributed by atoms with Gasteiger partial charge in [-0.05, 0) is 42.9 Å². The van der Waals surface area contributed by atoms with Crippen LogP contribution in [0.3, 0.4) is 0 Å². The smallest absolute Gasteiger partial charge is 0.252 e. The molecule has 4 heteroatoms. The average Bonchev–Trinajstić information content (AvgIpc) is 3.26. The molecule has 2 N–H and O–H groups in total. The number of nitrogens with one attached hydrogen (secondary N) is 1. The summed E-state index contributed by atoms with van der Waals surface area (Å²) in [6.07, 6.45) is 2.47. The summed E-state index contributed by atoms with van der Waals surface area (Å²) in [7, 11) is 0. The summed E-state index contributed by atoms with van der Waals surface area (Å²) in [5, 5.41) is 11.6. The topological polar surface area (TPSA) is 49.3 Å². The number of carbonyl (C=O) groups excluding carboxylic acids is 1. The summed E-state index contributed by atoms with van der Waals surface area (Å²) in [6, 6.07) is 3.87. The molecule has 0 saturated heterocycles. The fourth-order valence-electron chi connectivity index (χ4n) is 2.13. The Kier molecular flexibility index (Phi) is 4.75. The van der Waals surface area contributed by atoms with Crippen molar-refractivity contribution in [2.24, 2.45) is 11.8 Å². The van der Waals surface area contributed by atoms with Crippen molar-refractivity contribution in [3.63, 3.8) is 0 Å². The number of aliphatic hydroxyl groups is 1. The third-order valence-corrected chi connectivity index (χ3v) is 3.54. The molecule has 1 unspecified atom stereocenters. The van der Waals surface area contributed by atoms with Crippen LogP contribution in [0.5, 0.6) is 0 Å². The van der Waals surface area contributed by atoms with E-state index in [1.165, 1.54) is 31.0 Å². The van der Waals surface area contributed by atoms with Gasteiger partial charge in [-0.1, -0.05) is 18.8 Å². The van der Waals surface area contributed by atoms with Crippen LogP contribution in [-0.4, -0.2) is 24.2 Å². The Morgan fingerprint density at radius 2 is 2.30 bits per heavy atom. The zero-order valence-electron chi connectivity index (χ0n) is 11.4. The van der Waals surface area contributed by atoms with Crippen LogP contribution in [0.4, 0.5) is 4.39 Å². The Morgan fingerprint density at radius 3 is 2.95 bits per heavy atom. The molecule has 20 heavy (non-hydrogen) atoms. The second-order valence-corrected chi connectivity index (χ2v) is 5.17. The van der Waals surface area contributed by atoms with E-state index in [0.717, 1.165) is 5.92 Å². The van der Waals surface area contributed by atoms with Gasteiger partial charge in [0.2, 0.25) is 0 Å². The maximum absolute atomic E-state index is 13.2. The Labute approximate surface area is 118 Å². The first-order chi connectivity index (χ1) is 9.61. The minimum Gasteiger partial charge on any atom is -0.384 e. The van der Waals surface area contributed by atoms with Crippen molar-refractivity contribution in [3.8, 4) is 11.8 Å². The van der Waals surface area contributed by atoms with Gasteiger partial charge in [0.05, 0.1) is 5.56 Å². The summed E-state index contributed by atoms with van der Waals surface area (Å²) in [6.45, 7) is 2.42. The van der Waals surface area contributed by atoms with E-state index in [1.807, 2.05) is 0 Å². The number of halogens is 1. The molecule has 0 spiro atoms. The summed E-state index contributed by atoms with van der Waals surface area (Å²) in [4.78, 5) is 12.1. The molecule has 0 radical (unpaired) electrons. The number of amides is 1. The lowest BCUT2D eigenvalue weighted by Crippen LogP contribution is -2.29. The molecule has 1 aromatic carbocycles. The van der Waals surface area contributed by atoms with Crippen molar-refractivity contribution >= 4 is 5.91 Å². The van der Waals surface area contributed by atoms with Crippen LogP contribution in [0.15, 0.2) is 18.2 Å². The molecular weight excluding hydrogens is 257 g/mol. The third-order valence-electron chi connectivity index (χ3n) is 3.54. The first-order valence-electron chi connectivity index (χ1n) is 6.79. The van der Waals surface area contributed by atoms with Crippen molar-refractivity contribution in [1.29, 1.82) is 0 Å². The van der Waals surface area contributed by atoms with Crippen LogP contribution in [0.1, 0.15) is 35.7 Å². The lowest BCUT2D eigenvalue weighted by atomic mass is 10.0. The van der Waals surface area contributed by atoms with Gasteiger partial charge in [0.25, 0.3) is 5.91 Å². The largest absolute Gasteiger partial charge is 0.384 e. The van der Waals surface area contributed by atoms with Gasteiger partial charge >= 0.3 is 0 Å². The maximum atomic E-state index is 13.2. The van der Waals surface area contributed by atoms with Crippen molar-refractivity contribution in [1.82, 2.24) is 5.32 Å². The standard InChI is InChI=1S/C16H18FNO2/c1-11(12-4-5-12)10-18-16(20)15-7-6-14(17)9-13(15)3-2-8-19/h6-7,9,11-12,19H,4-5,8,10H2,1H3,(H,18,20). The predicted octanol–water partition coefficient (Wildman–Crippen LogP) is 1.95. The molecule has 1 atom stereocenters. The predicted molar refractivity (Wildman–Crippen MR) is 74.6 cm³/mol. The highest BCUT2D eigenvalue weighted by Gasteiger charge is 2.28. The number of benzene rings is 1. The minimum absolute atomic E-state index is 0.250. The van der Waals surface area contributed by atoms with Gasteiger partial charge in [-0.3, -0.25) is 4.79 Å². The molecule has 1 aromatic rings. The molecule has 1 aliphatic carbocycles. The van der Waals surface area contributed by atoms with Gasteiger partial charge < -0.3 is 10.4 Å². The monoisotopic (exact) mass is 275 g/mol. The van der Waals surface area contributed by atoms with E-state index in [9.17, 15) is 9.18 Å². The van der Waals surface area contributed by atoms with Crippen molar-refractivity contribution in [2.45, 2.75) is 19.8 Å². The lowest BCUT2D eigenvalue weighted by molar-refractivity contribution is 0.0946. The second kappa shape index (κ2) is 6.53. The summed E-state index contributed by atoms with van der Waals surface area (Å²) in [5.74, 6) is 5.53. The van der Waals surface area contributed by atoms with Crippen molar-refractivity contribution in [2.75, 3.05) is 13.2 Å². The fourth-order valence-corrected chi connectivity index (χ4v) is 2.13. The van der Waals surface area contributed by atoms with E-state index in [-0.39, 0.29) is 12.5 Å². The zero-order chi connectivity index (χ0) is 14.5. The van der Waals surface area contributed by atoms with Crippen LogP contribution in [0.25, 0.3) is 0 Å². The highest BCUT2D eigenvalue weighted by atomic mass is 19.1. The first kappa shape index (κ1) is 14.5. The molecule has 106 valence electrons. The summed E-state index contributed by atoms with van der Waals surface area (Å²) < 4.78 is 13.2. The van der Waals surface area contributed by atoms with Gasteiger partial charge in [0.15, 0.2) is 0 Å². The summed E-state index contributed by atoms with van der Waals surface area (Å²) >= 11 is 0. The van der Waals surface area contributed by atoms with Gasteiger partial charge in [-0.25, -0.2) is 4.39 Å². The third kappa shape index (κ3) is 3.82. The van der Waals surface area contributed by atoms with E-state index < -0.39 is 5.82 Å².